The Bertz CT molecular complexity index is 408. The van der Waals surface area contributed by atoms with Crippen LogP contribution < -0.4 is 0 Å². The molecule has 1 aromatic carbocycles. The zero-order chi connectivity index (χ0) is 11.4. The molecule has 0 amide bonds. The lowest BCUT2D eigenvalue weighted by molar-refractivity contribution is -0.112. The van der Waals surface area contributed by atoms with Crippen LogP contribution in [0.25, 0.3) is 6.08 Å². The minimum Gasteiger partial charge on any atom is -0.294 e. The molecule has 0 atom stereocenters. The minimum atomic E-state index is -0.119. The van der Waals surface area contributed by atoms with Gasteiger partial charge in [0, 0.05) is 5.02 Å². The Morgan fingerprint density at radius 2 is 1.93 bits per heavy atom. The van der Waals surface area contributed by atoms with Gasteiger partial charge >= 0.3 is 0 Å². The fourth-order valence-corrected chi connectivity index (χ4v) is 1.53. The molecule has 1 nitrogen and oxygen atoms in total. The Morgan fingerprint density at radius 1 is 1.33 bits per heavy atom. The summed E-state index contributed by atoms with van der Waals surface area (Å²) in [6.07, 6.45) is 3.14. The summed E-state index contributed by atoms with van der Waals surface area (Å²) in [6.45, 7) is 4.00. The Balaban J connectivity index is 3.00. The molecule has 0 aromatic heterocycles. The molecule has 0 aliphatic carbocycles. The molecule has 0 heterocycles. The van der Waals surface area contributed by atoms with E-state index in [0.717, 1.165) is 16.7 Å². The highest BCUT2D eigenvalue weighted by Crippen LogP contribution is 2.21. The molecule has 0 bridgehead atoms. The van der Waals surface area contributed by atoms with Gasteiger partial charge in [0.1, 0.15) is 0 Å². The van der Waals surface area contributed by atoms with Crippen LogP contribution in [-0.2, 0) is 4.79 Å². The molecule has 15 heavy (non-hydrogen) atoms. The SMILES string of the molecule is Cc1cc(Cl)c(/C=C/C(=O)CCl)cc1C. The van der Waals surface area contributed by atoms with Crippen LogP contribution in [0.1, 0.15) is 16.7 Å². The molecule has 0 aliphatic heterocycles. The van der Waals surface area contributed by atoms with Crippen molar-refractivity contribution in [2.75, 3.05) is 5.88 Å². The van der Waals surface area contributed by atoms with Gasteiger partial charge in [0.05, 0.1) is 5.88 Å². The normalized spacial score (nSPS) is 10.9. The van der Waals surface area contributed by atoms with Crippen molar-refractivity contribution in [3.05, 3.63) is 39.9 Å². The standard InChI is InChI=1S/C12H12Cl2O/c1-8-5-10(3-4-11(15)7-13)12(14)6-9(8)2/h3-6H,7H2,1-2H3/b4-3+. The van der Waals surface area contributed by atoms with Crippen LogP contribution in [0.2, 0.25) is 5.02 Å². The molecule has 1 aromatic rings. The van der Waals surface area contributed by atoms with Crippen LogP contribution >= 0.6 is 23.2 Å². The van der Waals surface area contributed by atoms with Gasteiger partial charge in [-0.15, -0.1) is 11.6 Å². The van der Waals surface area contributed by atoms with Crippen LogP contribution in [0.4, 0.5) is 0 Å². The van der Waals surface area contributed by atoms with Gasteiger partial charge in [-0.05, 0) is 48.8 Å². The molecule has 0 saturated carbocycles. The maximum absolute atomic E-state index is 11.0. The number of halogens is 2. The first-order valence-electron chi connectivity index (χ1n) is 4.58. The van der Waals surface area contributed by atoms with Gasteiger partial charge in [0.2, 0.25) is 0 Å². The summed E-state index contributed by atoms with van der Waals surface area (Å²) in [5.41, 5.74) is 3.14. The maximum Gasteiger partial charge on any atom is 0.170 e. The number of carbonyl (C=O) groups excluding carboxylic acids is 1. The first-order valence-corrected chi connectivity index (χ1v) is 5.49. The van der Waals surface area contributed by atoms with Crippen molar-refractivity contribution in [1.82, 2.24) is 0 Å². The molecular weight excluding hydrogens is 231 g/mol. The number of benzene rings is 1. The molecule has 0 unspecified atom stereocenters. The van der Waals surface area contributed by atoms with E-state index < -0.39 is 0 Å². The lowest BCUT2D eigenvalue weighted by atomic mass is 10.1. The van der Waals surface area contributed by atoms with Crippen LogP contribution in [0.15, 0.2) is 18.2 Å². The second-order valence-corrected chi connectivity index (χ2v) is 4.07. The largest absolute Gasteiger partial charge is 0.294 e. The van der Waals surface area contributed by atoms with Crippen molar-refractivity contribution in [3.63, 3.8) is 0 Å². The van der Waals surface area contributed by atoms with E-state index in [1.54, 1.807) is 6.08 Å². The van der Waals surface area contributed by atoms with E-state index in [1.807, 2.05) is 26.0 Å². The second-order valence-electron chi connectivity index (χ2n) is 3.39. The summed E-state index contributed by atoms with van der Waals surface area (Å²) in [7, 11) is 0. The molecule has 0 aliphatic rings. The average Bonchev–Trinajstić information content (AvgIpc) is 2.21. The minimum absolute atomic E-state index is 0.00103. The predicted octanol–water partition coefficient (Wildman–Crippen LogP) is 3.78. The van der Waals surface area contributed by atoms with Crippen molar-refractivity contribution in [2.45, 2.75) is 13.8 Å². The Labute approximate surface area is 99.7 Å². The molecule has 1 rings (SSSR count). The monoisotopic (exact) mass is 242 g/mol. The van der Waals surface area contributed by atoms with Gasteiger partial charge in [-0.25, -0.2) is 0 Å². The first-order chi connectivity index (χ1) is 7.04. The summed E-state index contributed by atoms with van der Waals surface area (Å²) in [6, 6.07) is 3.84. The van der Waals surface area contributed by atoms with Crippen molar-refractivity contribution >= 4 is 35.1 Å². The topological polar surface area (TPSA) is 17.1 Å². The van der Waals surface area contributed by atoms with Crippen LogP contribution in [0.3, 0.4) is 0 Å². The summed E-state index contributed by atoms with van der Waals surface area (Å²) >= 11 is 11.4. The van der Waals surface area contributed by atoms with Gasteiger partial charge in [-0.2, -0.15) is 0 Å². The number of rotatable bonds is 3. The first kappa shape index (κ1) is 12.3. The Kier molecular flexibility index (Phi) is 4.37. The van der Waals surface area contributed by atoms with Crippen molar-refractivity contribution in [2.24, 2.45) is 0 Å². The van der Waals surface area contributed by atoms with Gasteiger partial charge in [-0.3, -0.25) is 4.79 Å². The van der Waals surface area contributed by atoms with Crippen LogP contribution in [0, 0.1) is 13.8 Å². The zero-order valence-electron chi connectivity index (χ0n) is 8.68. The molecular formula is C12H12Cl2O. The number of allylic oxidation sites excluding steroid dienone is 1. The fraction of sp³-hybridized carbons (Fsp3) is 0.250. The van der Waals surface area contributed by atoms with E-state index in [9.17, 15) is 4.79 Å². The Morgan fingerprint density at radius 3 is 2.53 bits per heavy atom. The third-order valence-electron chi connectivity index (χ3n) is 2.19. The van der Waals surface area contributed by atoms with E-state index in [-0.39, 0.29) is 11.7 Å². The number of hydrogen-bond donors (Lipinski definition) is 0. The molecule has 0 spiro atoms. The lowest BCUT2D eigenvalue weighted by Gasteiger charge is -2.04. The highest BCUT2D eigenvalue weighted by Gasteiger charge is 2.01. The summed E-state index contributed by atoms with van der Waals surface area (Å²) in [5, 5.41) is 0.650. The van der Waals surface area contributed by atoms with E-state index in [4.69, 9.17) is 23.2 Å². The third-order valence-corrected chi connectivity index (χ3v) is 2.78. The highest BCUT2D eigenvalue weighted by molar-refractivity contribution is 6.32. The molecule has 3 heteroatoms. The van der Waals surface area contributed by atoms with E-state index in [0.29, 0.717) is 5.02 Å². The van der Waals surface area contributed by atoms with Crippen molar-refractivity contribution < 1.29 is 4.79 Å². The number of ketones is 1. The molecule has 0 N–H and O–H groups in total. The van der Waals surface area contributed by atoms with Gasteiger partial charge < -0.3 is 0 Å². The molecule has 0 saturated heterocycles. The number of hydrogen-bond acceptors (Lipinski definition) is 1. The molecule has 0 fully saturated rings. The van der Waals surface area contributed by atoms with Crippen molar-refractivity contribution in [1.29, 1.82) is 0 Å². The number of alkyl halides is 1. The highest BCUT2D eigenvalue weighted by atomic mass is 35.5. The third kappa shape index (κ3) is 3.37. The smallest absolute Gasteiger partial charge is 0.170 e. The van der Waals surface area contributed by atoms with Gasteiger partial charge in [0.25, 0.3) is 0 Å². The van der Waals surface area contributed by atoms with Gasteiger partial charge in [0.15, 0.2) is 5.78 Å². The Hall–Kier alpha value is -0.790. The quantitative estimate of drug-likeness (QED) is 0.583. The van der Waals surface area contributed by atoms with E-state index in [1.165, 1.54) is 6.08 Å². The molecule has 0 radical (unpaired) electrons. The van der Waals surface area contributed by atoms with E-state index in [2.05, 4.69) is 0 Å². The lowest BCUT2D eigenvalue weighted by Crippen LogP contribution is -1.92. The fourth-order valence-electron chi connectivity index (χ4n) is 1.16. The number of carbonyl (C=O) groups is 1. The summed E-state index contributed by atoms with van der Waals surface area (Å²) < 4.78 is 0. The maximum atomic E-state index is 11.0. The molecule has 80 valence electrons. The zero-order valence-corrected chi connectivity index (χ0v) is 10.2. The van der Waals surface area contributed by atoms with Crippen LogP contribution in [-0.4, -0.2) is 11.7 Å². The summed E-state index contributed by atoms with van der Waals surface area (Å²) in [5.74, 6) is -0.121. The predicted molar refractivity (Wildman–Crippen MR) is 65.7 cm³/mol. The summed E-state index contributed by atoms with van der Waals surface area (Å²) in [4.78, 5) is 11.0. The van der Waals surface area contributed by atoms with Crippen molar-refractivity contribution in [3.8, 4) is 0 Å². The van der Waals surface area contributed by atoms with Gasteiger partial charge in [-0.1, -0.05) is 17.7 Å². The number of aryl methyl sites for hydroxylation is 2. The van der Waals surface area contributed by atoms with E-state index >= 15 is 0 Å². The second kappa shape index (κ2) is 5.34. The average molecular weight is 243 g/mol. The van der Waals surface area contributed by atoms with Crippen LogP contribution in [0.5, 0.6) is 0 Å².